The Morgan fingerprint density at radius 1 is 1.43 bits per heavy atom. The van der Waals surface area contributed by atoms with Gasteiger partial charge < -0.3 is 5.32 Å². The molecule has 1 heterocycles. The molecule has 1 aromatic heterocycles. The lowest BCUT2D eigenvalue weighted by atomic mass is 10.1. The van der Waals surface area contributed by atoms with E-state index in [2.05, 4.69) is 10.3 Å². The molecule has 0 radical (unpaired) electrons. The number of nitro groups is 1. The van der Waals surface area contributed by atoms with Gasteiger partial charge in [-0.3, -0.25) is 14.9 Å². The fourth-order valence-corrected chi connectivity index (χ4v) is 2.89. The highest BCUT2D eigenvalue weighted by Crippen LogP contribution is 2.40. The number of nitrogens with zero attached hydrogens (tertiary/aromatic N) is 2. The van der Waals surface area contributed by atoms with Crippen LogP contribution in [0, 0.1) is 10.1 Å². The summed E-state index contributed by atoms with van der Waals surface area (Å²) in [7, 11) is 0. The zero-order valence-corrected chi connectivity index (χ0v) is 11.9. The van der Waals surface area contributed by atoms with Crippen molar-refractivity contribution in [2.45, 2.75) is 25.2 Å². The number of hydrogen-bond acceptors (Lipinski definition) is 5. The minimum Gasteiger partial charge on any atom is -0.302 e. The van der Waals surface area contributed by atoms with Gasteiger partial charge in [0.15, 0.2) is 5.13 Å². The smallest absolute Gasteiger partial charge is 0.273 e. The molecule has 0 unspecified atom stereocenters. The molecule has 1 aliphatic carbocycles. The Labute approximate surface area is 125 Å². The molecule has 21 heavy (non-hydrogen) atoms. The minimum absolute atomic E-state index is 0.0322. The molecule has 1 fully saturated rings. The number of amides is 1. The van der Waals surface area contributed by atoms with Gasteiger partial charge in [0.05, 0.1) is 17.0 Å². The first-order chi connectivity index (χ1) is 10.1. The number of aromatic nitrogens is 1. The number of nitrogens with one attached hydrogen (secondary N) is 1. The number of carbonyl (C=O) groups is 1. The maximum Gasteiger partial charge on any atom is 0.273 e. The second-order valence-electron chi connectivity index (χ2n) is 4.96. The van der Waals surface area contributed by atoms with Crippen LogP contribution in [0.4, 0.5) is 10.8 Å². The second-order valence-corrected chi connectivity index (χ2v) is 5.82. The van der Waals surface area contributed by atoms with Crippen LogP contribution in [0.1, 0.15) is 30.0 Å². The number of para-hydroxylation sites is 1. The van der Waals surface area contributed by atoms with Crippen molar-refractivity contribution >= 4 is 28.1 Å². The SMILES string of the molecule is O=C(Cc1ccccc1[N+](=O)[O-])Nc1nc(C2CC2)cs1. The van der Waals surface area contributed by atoms with Crippen molar-refractivity contribution in [3.05, 3.63) is 51.0 Å². The summed E-state index contributed by atoms with van der Waals surface area (Å²) in [5.74, 6) is 0.253. The largest absolute Gasteiger partial charge is 0.302 e. The quantitative estimate of drug-likeness (QED) is 0.679. The molecule has 1 N–H and O–H groups in total. The molecule has 1 amide bonds. The van der Waals surface area contributed by atoms with Crippen LogP contribution in [0.3, 0.4) is 0 Å². The molecule has 0 atom stereocenters. The normalized spacial score (nSPS) is 13.9. The van der Waals surface area contributed by atoms with E-state index in [9.17, 15) is 14.9 Å². The van der Waals surface area contributed by atoms with Crippen LogP contribution in [-0.4, -0.2) is 15.8 Å². The van der Waals surface area contributed by atoms with Crippen molar-refractivity contribution in [2.75, 3.05) is 5.32 Å². The molecule has 0 saturated heterocycles. The molecule has 1 aromatic carbocycles. The minimum atomic E-state index is -0.475. The lowest BCUT2D eigenvalue weighted by molar-refractivity contribution is -0.385. The third-order valence-electron chi connectivity index (χ3n) is 3.30. The van der Waals surface area contributed by atoms with Crippen LogP contribution < -0.4 is 5.32 Å². The molecule has 7 heteroatoms. The zero-order valence-electron chi connectivity index (χ0n) is 11.1. The molecule has 0 aliphatic heterocycles. The van der Waals surface area contributed by atoms with Gasteiger partial charge in [-0.1, -0.05) is 18.2 Å². The van der Waals surface area contributed by atoms with Crippen molar-refractivity contribution in [2.24, 2.45) is 0 Å². The third-order valence-corrected chi connectivity index (χ3v) is 4.08. The van der Waals surface area contributed by atoms with Gasteiger partial charge in [-0.25, -0.2) is 4.98 Å². The van der Waals surface area contributed by atoms with Gasteiger partial charge in [-0.15, -0.1) is 11.3 Å². The predicted octanol–water partition coefficient (Wildman–Crippen LogP) is 3.11. The maximum atomic E-state index is 12.0. The van der Waals surface area contributed by atoms with E-state index in [1.165, 1.54) is 17.4 Å². The van der Waals surface area contributed by atoms with E-state index in [4.69, 9.17) is 0 Å². The third kappa shape index (κ3) is 3.25. The Hall–Kier alpha value is -2.28. The Balaban J connectivity index is 1.67. The maximum absolute atomic E-state index is 12.0. The first kappa shape index (κ1) is 13.7. The highest BCUT2D eigenvalue weighted by atomic mass is 32.1. The van der Waals surface area contributed by atoms with Crippen molar-refractivity contribution in [3.63, 3.8) is 0 Å². The average molecular weight is 303 g/mol. The highest BCUT2D eigenvalue weighted by molar-refractivity contribution is 7.13. The van der Waals surface area contributed by atoms with E-state index in [-0.39, 0.29) is 18.0 Å². The van der Waals surface area contributed by atoms with E-state index >= 15 is 0 Å². The Bertz CT molecular complexity index is 694. The summed E-state index contributed by atoms with van der Waals surface area (Å²) in [5.41, 5.74) is 1.39. The summed E-state index contributed by atoms with van der Waals surface area (Å²) < 4.78 is 0. The molecule has 2 aromatic rings. The Morgan fingerprint density at radius 3 is 2.90 bits per heavy atom. The Morgan fingerprint density at radius 2 is 2.19 bits per heavy atom. The summed E-state index contributed by atoms with van der Waals surface area (Å²) in [5, 5.41) is 16.1. The molecular weight excluding hydrogens is 290 g/mol. The highest BCUT2D eigenvalue weighted by Gasteiger charge is 2.26. The monoisotopic (exact) mass is 303 g/mol. The van der Waals surface area contributed by atoms with E-state index in [1.54, 1.807) is 18.2 Å². The molecular formula is C14H13N3O3S. The summed E-state index contributed by atoms with van der Waals surface area (Å²) >= 11 is 1.39. The number of hydrogen-bond donors (Lipinski definition) is 1. The van der Waals surface area contributed by atoms with Crippen LogP contribution in [0.5, 0.6) is 0 Å². The molecule has 0 spiro atoms. The molecule has 1 saturated carbocycles. The van der Waals surface area contributed by atoms with E-state index in [1.807, 2.05) is 5.38 Å². The van der Waals surface area contributed by atoms with Gasteiger partial charge in [0.1, 0.15) is 0 Å². The fraction of sp³-hybridized carbons (Fsp3) is 0.286. The Kier molecular flexibility index (Phi) is 3.66. The first-order valence-corrected chi connectivity index (χ1v) is 7.49. The zero-order chi connectivity index (χ0) is 14.8. The van der Waals surface area contributed by atoms with Gasteiger partial charge >= 0.3 is 0 Å². The van der Waals surface area contributed by atoms with Gasteiger partial charge in [0.2, 0.25) is 5.91 Å². The standard InChI is InChI=1S/C14H13N3O3S/c18-13(7-10-3-1-2-4-12(10)17(19)20)16-14-15-11(8-21-14)9-5-6-9/h1-4,8-9H,5-7H2,(H,15,16,18). The molecule has 6 nitrogen and oxygen atoms in total. The van der Waals surface area contributed by atoms with Gasteiger partial charge in [0, 0.05) is 22.9 Å². The van der Waals surface area contributed by atoms with Crippen molar-refractivity contribution in [1.29, 1.82) is 0 Å². The number of nitro benzene ring substituents is 1. The predicted molar refractivity (Wildman–Crippen MR) is 79.5 cm³/mol. The summed E-state index contributed by atoms with van der Waals surface area (Å²) in [6.07, 6.45) is 2.29. The topological polar surface area (TPSA) is 85.1 Å². The van der Waals surface area contributed by atoms with E-state index in [0.29, 0.717) is 16.6 Å². The molecule has 108 valence electrons. The van der Waals surface area contributed by atoms with Gasteiger partial charge in [-0.05, 0) is 12.8 Å². The van der Waals surface area contributed by atoms with Crippen LogP contribution in [0.15, 0.2) is 29.6 Å². The number of thiazole rings is 1. The molecule has 0 bridgehead atoms. The molecule has 3 rings (SSSR count). The number of rotatable bonds is 5. The van der Waals surface area contributed by atoms with Crippen LogP contribution in [0.25, 0.3) is 0 Å². The second kappa shape index (κ2) is 5.61. The fourth-order valence-electron chi connectivity index (χ4n) is 2.09. The lowest BCUT2D eigenvalue weighted by Crippen LogP contribution is -2.15. The van der Waals surface area contributed by atoms with Gasteiger partial charge in [-0.2, -0.15) is 0 Å². The number of carbonyl (C=O) groups excluding carboxylic acids is 1. The summed E-state index contributed by atoms with van der Waals surface area (Å²) in [6, 6.07) is 6.26. The van der Waals surface area contributed by atoms with Crippen molar-refractivity contribution < 1.29 is 9.72 Å². The number of anilines is 1. The van der Waals surface area contributed by atoms with Crippen molar-refractivity contribution in [3.8, 4) is 0 Å². The summed E-state index contributed by atoms with van der Waals surface area (Å²) in [4.78, 5) is 26.8. The lowest BCUT2D eigenvalue weighted by Gasteiger charge is -2.03. The van der Waals surface area contributed by atoms with Crippen LogP contribution in [-0.2, 0) is 11.2 Å². The van der Waals surface area contributed by atoms with Gasteiger partial charge in [0.25, 0.3) is 5.69 Å². The first-order valence-electron chi connectivity index (χ1n) is 6.61. The van der Waals surface area contributed by atoms with Crippen molar-refractivity contribution in [1.82, 2.24) is 4.98 Å². The van der Waals surface area contributed by atoms with Crippen LogP contribution in [0.2, 0.25) is 0 Å². The number of benzene rings is 1. The summed E-state index contributed by atoms with van der Waals surface area (Å²) in [6.45, 7) is 0. The van der Waals surface area contributed by atoms with E-state index in [0.717, 1.165) is 18.5 Å². The average Bonchev–Trinajstić information content (AvgIpc) is 3.20. The molecule has 1 aliphatic rings. The van der Waals surface area contributed by atoms with Crippen LogP contribution >= 0.6 is 11.3 Å². The van der Waals surface area contributed by atoms with E-state index < -0.39 is 4.92 Å².